The van der Waals surface area contributed by atoms with Crippen molar-refractivity contribution in [3.05, 3.63) is 72.2 Å². The fraction of sp³-hybridized carbons (Fsp3) is 0.273. The molecule has 0 atom stereocenters. The van der Waals surface area contributed by atoms with Gasteiger partial charge in [0.2, 0.25) is 5.91 Å². The maximum absolute atomic E-state index is 13.3. The number of nitrogens with one attached hydrogen (secondary N) is 2. The van der Waals surface area contributed by atoms with Crippen LogP contribution in [0, 0.1) is 11.7 Å². The average molecular weight is 378 g/mol. The lowest BCUT2D eigenvalue weighted by Crippen LogP contribution is -2.32. The molecule has 1 aromatic heterocycles. The molecular weight excluding hydrogens is 355 g/mol. The molecule has 3 aromatic rings. The number of nitrogens with zero attached hydrogens (tertiary/aromatic N) is 2. The zero-order valence-corrected chi connectivity index (χ0v) is 15.6. The topological polar surface area (TPSA) is 59.0 Å². The van der Waals surface area contributed by atoms with Crippen LogP contribution in [0.2, 0.25) is 0 Å². The van der Waals surface area contributed by atoms with Gasteiger partial charge in [0.15, 0.2) is 0 Å². The Bertz CT molecular complexity index is 933. The Kier molecular flexibility index (Phi) is 5.48. The number of para-hydroxylation sites is 1. The smallest absolute Gasteiger partial charge is 0.223 e. The molecule has 0 spiro atoms. The van der Waals surface area contributed by atoms with Crippen molar-refractivity contribution < 1.29 is 9.18 Å². The minimum absolute atomic E-state index is 0.158. The zero-order valence-electron chi connectivity index (χ0n) is 15.6. The van der Waals surface area contributed by atoms with E-state index >= 15 is 0 Å². The van der Waals surface area contributed by atoms with E-state index in [9.17, 15) is 9.18 Å². The summed E-state index contributed by atoms with van der Waals surface area (Å²) in [7, 11) is 0. The van der Waals surface area contributed by atoms with Crippen LogP contribution < -0.4 is 10.6 Å². The summed E-state index contributed by atoms with van der Waals surface area (Å²) in [5, 5.41) is 11.0. The molecule has 0 bridgehead atoms. The third-order valence-corrected chi connectivity index (χ3v) is 4.79. The molecule has 0 radical (unpaired) electrons. The summed E-state index contributed by atoms with van der Waals surface area (Å²) < 4.78 is 15.2. The maximum Gasteiger partial charge on any atom is 0.223 e. The molecule has 1 aliphatic rings. The minimum Gasteiger partial charge on any atom is -0.355 e. The number of halogens is 1. The first-order chi connectivity index (χ1) is 13.7. The van der Waals surface area contributed by atoms with Crippen LogP contribution in [0.4, 0.5) is 4.39 Å². The summed E-state index contributed by atoms with van der Waals surface area (Å²) in [6.07, 6.45) is 4.02. The molecule has 2 N–H and O–H groups in total. The number of rotatable bonds is 8. The normalized spacial score (nSPS) is 13.5. The third kappa shape index (κ3) is 4.46. The first-order valence-electron chi connectivity index (χ1n) is 9.59. The molecule has 0 aliphatic heterocycles. The Balaban J connectivity index is 1.46. The lowest BCUT2D eigenvalue weighted by Gasteiger charge is -2.07. The highest BCUT2D eigenvalue weighted by molar-refractivity contribution is 5.80. The van der Waals surface area contributed by atoms with Gasteiger partial charge in [0.1, 0.15) is 5.82 Å². The Morgan fingerprint density at radius 1 is 1.07 bits per heavy atom. The van der Waals surface area contributed by atoms with E-state index in [-0.39, 0.29) is 17.6 Å². The highest BCUT2D eigenvalue weighted by atomic mass is 19.1. The summed E-state index contributed by atoms with van der Waals surface area (Å²) >= 11 is 0. The molecule has 0 unspecified atom stereocenters. The van der Waals surface area contributed by atoms with Crippen LogP contribution >= 0.6 is 0 Å². The standard InChI is InChI=1S/C22H23FN4O/c23-19-10-8-16(9-11-19)21-18(14-24-12-13-25-22(28)17-6-7-17)15-27(26-21)20-4-2-1-3-5-20/h1-5,8-11,15,17,24H,6-7,12-14H2,(H,25,28). The maximum atomic E-state index is 13.3. The molecule has 1 heterocycles. The largest absolute Gasteiger partial charge is 0.355 e. The van der Waals surface area contributed by atoms with Crippen LogP contribution in [0.25, 0.3) is 16.9 Å². The molecule has 0 saturated heterocycles. The van der Waals surface area contributed by atoms with E-state index in [4.69, 9.17) is 5.10 Å². The predicted octanol–water partition coefficient (Wildman–Crippen LogP) is 3.29. The quantitative estimate of drug-likeness (QED) is 0.592. The Morgan fingerprint density at radius 3 is 2.54 bits per heavy atom. The predicted molar refractivity (Wildman–Crippen MR) is 106 cm³/mol. The molecule has 5 nitrogen and oxygen atoms in total. The van der Waals surface area contributed by atoms with Gasteiger partial charge in [0, 0.05) is 42.9 Å². The summed E-state index contributed by atoms with van der Waals surface area (Å²) in [5.41, 5.74) is 3.67. The van der Waals surface area contributed by atoms with Crippen molar-refractivity contribution in [1.82, 2.24) is 20.4 Å². The fourth-order valence-corrected chi connectivity index (χ4v) is 3.09. The van der Waals surface area contributed by atoms with Crippen LogP contribution in [0.3, 0.4) is 0 Å². The molecule has 1 aliphatic carbocycles. The number of hydrogen-bond acceptors (Lipinski definition) is 3. The lowest BCUT2D eigenvalue weighted by atomic mass is 10.1. The van der Waals surface area contributed by atoms with Crippen LogP contribution in [0.5, 0.6) is 0 Å². The van der Waals surface area contributed by atoms with Crippen LogP contribution in [0.1, 0.15) is 18.4 Å². The minimum atomic E-state index is -0.266. The van der Waals surface area contributed by atoms with E-state index in [1.54, 1.807) is 12.1 Å². The van der Waals surface area contributed by atoms with E-state index in [2.05, 4.69) is 10.6 Å². The summed E-state index contributed by atoms with van der Waals surface area (Å²) in [4.78, 5) is 11.7. The summed E-state index contributed by atoms with van der Waals surface area (Å²) in [5.74, 6) is 0.122. The van der Waals surface area contributed by atoms with E-state index < -0.39 is 0 Å². The SMILES string of the molecule is O=C(NCCNCc1cn(-c2ccccc2)nc1-c1ccc(F)cc1)C1CC1. The second kappa shape index (κ2) is 8.35. The number of amides is 1. The van der Waals surface area contributed by atoms with E-state index in [0.717, 1.165) is 35.3 Å². The second-order valence-electron chi connectivity index (χ2n) is 7.03. The van der Waals surface area contributed by atoms with Gasteiger partial charge in [-0.05, 0) is 49.2 Å². The highest BCUT2D eigenvalue weighted by Crippen LogP contribution is 2.28. The van der Waals surface area contributed by atoms with Gasteiger partial charge in [-0.2, -0.15) is 5.10 Å². The molecule has 4 rings (SSSR count). The van der Waals surface area contributed by atoms with Gasteiger partial charge < -0.3 is 10.6 Å². The van der Waals surface area contributed by atoms with Gasteiger partial charge in [0.05, 0.1) is 11.4 Å². The van der Waals surface area contributed by atoms with Crippen molar-refractivity contribution in [2.24, 2.45) is 5.92 Å². The summed E-state index contributed by atoms with van der Waals surface area (Å²) in [6, 6.07) is 16.3. The molecule has 1 amide bonds. The summed E-state index contributed by atoms with van der Waals surface area (Å²) in [6.45, 7) is 1.89. The lowest BCUT2D eigenvalue weighted by molar-refractivity contribution is -0.122. The van der Waals surface area contributed by atoms with Gasteiger partial charge in [-0.3, -0.25) is 4.79 Å². The first kappa shape index (κ1) is 18.4. The van der Waals surface area contributed by atoms with Crippen molar-refractivity contribution in [3.63, 3.8) is 0 Å². The number of carbonyl (C=O) groups is 1. The third-order valence-electron chi connectivity index (χ3n) is 4.79. The molecule has 1 fully saturated rings. The fourth-order valence-electron chi connectivity index (χ4n) is 3.09. The van der Waals surface area contributed by atoms with Crippen molar-refractivity contribution in [1.29, 1.82) is 0 Å². The van der Waals surface area contributed by atoms with Gasteiger partial charge >= 0.3 is 0 Å². The average Bonchev–Trinajstić information content (AvgIpc) is 3.49. The van der Waals surface area contributed by atoms with Gasteiger partial charge in [-0.25, -0.2) is 9.07 Å². The van der Waals surface area contributed by atoms with E-state index in [1.807, 2.05) is 41.2 Å². The molecule has 2 aromatic carbocycles. The highest BCUT2D eigenvalue weighted by Gasteiger charge is 2.28. The van der Waals surface area contributed by atoms with Crippen LogP contribution in [-0.2, 0) is 11.3 Å². The Labute approximate surface area is 163 Å². The van der Waals surface area contributed by atoms with Gasteiger partial charge in [-0.1, -0.05) is 18.2 Å². The van der Waals surface area contributed by atoms with Crippen molar-refractivity contribution in [2.75, 3.05) is 13.1 Å². The zero-order chi connectivity index (χ0) is 19.3. The van der Waals surface area contributed by atoms with Crippen molar-refractivity contribution in [2.45, 2.75) is 19.4 Å². The molecule has 28 heavy (non-hydrogen) atoms. The number of aromatic nitrogens is 2. The van der Waals surface area contributed by atoms with E-state index in [0.29, 0.717) is 19.6 Å². The number of hydrogen-bond donors (Lipinski definition) is 2. The molecular formula is C22H23FN4O. The van der Waals surface area contributed by atoms with Gasteiger partial charge in [0.25, 0.3) is 0 Å². The van der Waals surface area contributed by atoms with Crippen molar-refractivity contribution >= 4 is 5.91 Å². The molecule has 6 heteroatoms. The number of carbonyl (C=O) groups excluding carboxylic acids is 1. The Morgan fingerprint density at radius 2 is 1.82 bits per heavy atom. The monoisotopic (exact) mass is 378 g/mol. The van der Waals surface area contributed by atoms with Gasteiger partial charge in [-0.15, -0.1) is 0 Å². The molecule has 1 saturated carbocycles. The molecule has 144 valence electrons. The van der Waals surface area contributed by atoms with Crippen LogP contribution in [-0.4, -0.2) is 28.8 Å². The van der Waals surface area contributed by atoms with Crippen molar-refractivity contribution in [3.8, 4) is 16.9 Å². The number of benzene rings is 2. The second-order valence-corrected chi connectivity index (χ2v) is 7.03. The Hall–Kier alpha value is -2.99. The van der Waals surface area contributed by atoms with Crippen LogP contribution in [0.15, 0.2) is 60.8 Å². The first-order valence-corrected chi connectivity index (χ1v) is 9.59. The van der Waals surface area contributed by atoms with E-state index in [1.165, 1.54) is 12.1 Å².